The van der Waals surface area contributed by atoms with Gasteiger partial charge in [-0.1, -0.05) is 18.2 Å². The average Bonchev–Trinajstić information content (AvgIpc) is 2.47. The Morgan fingerprint density at radius 3 is 1.95 bits per heavy atom. The van der Waals surface area contributed by atoms with Crippen LogP contribution in [-0.2, 0) is 19.3 Å². The van der Waals surface area contributed by atoms with Gasteiger partial charge in [0.15, 0.2) is 0 Å². The second-order valence-corrected chi connectivity index (χ2v) is 7.24. The Kier molecular flexibility index (Phi) is 3.51. The smallest absolute Gasteiger partial charge is 0.389 e. The van der Waals surface area contributed by atoms with Gasteiger partial charge in [-0.05, 0) is 39.8 Å². The van der Waals surface area contributed by atoms with E-state index in [9.17, 15) is 8.42 Å². The van der Waals surface area contributed by atoms with E-state index in [1.54, 1.807) is 18.2 Å². The highest BCUT2D eigenvalue weighted by molar-refractivity contribution is 7.90. The van der Waals surface area contributed by atoms with Crippen molar-refractivity contribution in [1.82, 2.24) is 4.63 Å². The summed E-state index contributed by atoms with van der Waals surface area (Å²) in [6.07, 6.45) is 0. The van der Waals surface area contributed by atoms with Gasteiger partial charge < -0.3 is 9.31 Å². The molecule has 0 amide bonds. The third-order valence-electron chi connectivity index (χ3n) is 3.56. The zero-order chi connectivity index (χ0) is 14.3. The first-order valence-corrected chi connectivity index (χ1v) is 7.55. The molecule has 1 fully saturated rings. The SMILES string of the molecule is CC1(C)OB(NS(=O)(=O)c2ccccc2)OC1(C)C. The number of benzene rings is 1. The van der Waals surface area contributed by atoms with E-state index in [-0.39, 0.29) is 4.90 Å². The number of rotatable bonds is 3. The van der Waals surface area contributed by atoms with E-state index in [0.29, 0.717) is 0 Å². The van der Waals surface area contributed by atoms with E-state index in [0.717, 1.165) is 0 Å². The molecule has 0 aromatic heterocycles. The lowest BCUT2D eigenvalue weighted by molar-refractivity contribution is 0.00578. The van der Waals surface area contributed by atoms with Crippen molar-refractivity contribution in [3.63, 3.8) is 0 Å². The molecule has 1 aliphatic rings. The molecule has 0 spiro atoms. The van der Waals surface area contributed by atoms with Crippen molar-refractivity contribution >= 4 is 17.3 Å². The minimum atomic E-state index is -3.64. The van der Waals surface area contributed by atoms with Gasteiger partial charge in [-0.15, -0.1) is 0 Å². The summed E-state index contributed by atoms with van der Waals surface area (Å²) in [5.74, 6) is 0. The summed E-state index contributed by atoms with van der Waals surface area (Å²) in [6.45, 7) is 7.46. The largest absolute Gasteiger partial charge is 0.570 e. The van der Waals surface area contributed by atoms with Crippen molar-refractivity contribution in [2.75, 3.05) is 0 Å². The molecule has 19 heavy (non-hydrogen) atoms. The lowest BCUT2D eigenvalue weighted by Gasteiger charge is -2.32. The topological polar surface area (TPSA) is 64.6 Å². The van der Waals surface area contributed by atoms with Gasteiger partial charge in [-0.3, -0.25) is 0 Å². The van der Waals surface area contributed by atoms with Crippen LogP contribution in [0.1, 0.15) is 27.7 Å². The quantitative estimate of drug-likeness (QED) is 0.855. The van der Waals surface area contributed by atoms with Gasteiger partial charge in [0.05, 0.1) is 16.1 Å². The maximum Gasteiger partial charge on any atom is 0.570 e. The first-order chi connectivity index (χ1) is 8.64. The Hall–Kier alpha value is -0.885. The van der Waals surface area contributed by atoms with Crippen molar-refractivity contribution in [1.29, 1.82) is 0 Å². The Morgan fingerprint density at radius 2 is 1.47 bits per heavy atom. The van der Waals surface area contributed by atoms with Gasteiger partial charge in [0, 0.05) is 0 Å². The van der Waals surface area contributed by atoms with Gasteiger partial charge >= 0.3 is 7.25 Å². The average molecular weight is 283 g/mol. The molecule has 5 nitrogen and oxygen atoms in total. The molecular formula is C12H18BNO4S. The molecule has 0 aliphatic carbocycles. The van der Waals surface area contributed by atoms with E-state index < -0.39 is 28.5 Å². The van der Waals surface area contributed by atoms with Crippen molar-refractivity contribution in [3.8, 4) is 0 Å². The van der Waals surface area contributed by atoms with Gasteiger partial charge in [0.1, 0.15) is 0 Å². The summed E-state index contributed by atoms with van der Waals surface area (Å²) >= 11 is 0. The van der Waals surface area contributed by atoms with Crippen molar-refractivity contribution in [2.45, 2.75) is 43.8 Å². The molecule has 0 saturated carbocycles. The zero-order valence-electron chi connectivity index (χ0n) is 11.5. The molecule has 0 atom stereocenters. The molecule has 104 valence electrons. The fourth-order valence-electron chi connectivity index (χ4n) is 1.69. The van der Waals surface area contributed by atoms with Crippen molar-refractivity contribution in [3.05, 3.63) is 30.3 Å². The maximum atomic E-state index is 12.1. The van der Waals surface area contributed by atoms with Gasteiger partial charge in [-0.25, -0.2) is 8.42 Å². The molecule has 2 rings (SSSR count). The van der Waals surface area contributed by atoms with Crippen LogP contribution in [-0.4, -0.2) is 26.9 Å². The molecule has 1 heterocycles. The van der Waals surface area contributed by atoms with Gasteiger partial charge in [-0.2, -0.15) is 4.63 Å². The van der Waals surface area contributed by atoms with Gasteiger partial charge in [0.2, 0.25) is 10.0 Å². The van der Waals surface area contributed by atoms with Crippen molar-refractivity contribution in [2.24, 2.45) is 0 Å². The number of nitrogens with one attached hydrogen (secondary N) is 1. The Bertz CT molecular complexity index is 540. The van der Waals surface area contributed by atoms with E-state index in [4.69, 9.17) is 9.31 Å². The Labute approximate surface area is 114 Å². The van der Waals surface area contributed by atoms with E-state index >= 15 is 0 Å². The van der Waals surface area contributed by atoms with Crippen LogP contribution < -0.4 is 4.63 Å². The zero-order valence-corrected chi connectivity index (χ0v) is 12.3. The molecule has 1 saturated heterocycles. The highest BCUT2D eigenvalue weighted by Crippen LogP contribution is 2.36. The maximum absolute atomic E-state index is 12.1. The Morgan fingerprint density at radius 1 is 1.00 bits per heavy atom. The molecule has 7 heteroatoms. The fraction of sp³-hybridized carbons (Fsp3) is 0.500. The highest BCUT2D eigenvalue weighted by Gasteiger charge is 2.53. The van der Waals surface area contributed by atoms with E-state index in [1.807, 2.05) is 27.7 Å². The molecule has 0 unspecified atom stereocenters. The standard InChI is InChI=1S/C12H18BNO4S/c1-11(2)12(3,4)18-13(17-11)14-19(15,16)10-8-6-5-7-9-10/h5-9,14H,1-4H3. The van der Waals surface area contributed by atoms with Crippen molar-refractivity contribution < 1.29 is 17.7 Å². The summed E-state index contributed by atoms with van der Waals surface area (Å²) in [4.78, 5) is 0.185. The lowest BCUT2D eigenvalue weighted by atomic mass is 9.90. The fourth-order valence-corrected chi connectivity index (χ4v) is 2.69. The minimum Gasteiger partial charge on any atom is -0.389 e. The van der Waals surface area contributed by atoms with Crippen LogP contribution in [0.3, 0.4) is 0 Å². The van der Waals surface area contributed by atoms with Crippen LogP contribution in [0.15, 0.2) is 35.2 Å². The van der Waals surface area contributed by atoms with E-state index in [2.05, 4.69) is 4.63 Å². The predicted molar refractivity (Wildman–Crippen MR) is 72.8 cm³/mol. The second kappa shape index (κ2) is 4.59. The van der Waals surface area contributed by atoms with Crippen LogP contribution in [0, 0.1) is 0 Å². The third-order valence-corrected chi connectivity index (χ3v) is 4.95. The lowest BCUT2D eigenvalue weighted by Crippen LogP contribution is -2.41. The molecule has 1 N–H and O–H groups in total. The predicted octanol–water partition coefficient (Wildman–Crippen LogP) is 1.55. The molecule has 0 bridgehead atoms. The third kappa shape index (κ3) is 2.84. The highest BCUT2D eigenvalue weighted by atomic mass is 32.2. The first-order valence-electron chi connectivity index (χ1n) is 6.07. The van der Waals surface area contributed by atoms with Crippen LogP contribution in [0.5, 0.6) is 0 Å². The second-order valence-electron chi connectivity index (χ2n) is 5.52. The van der Waals surface area contributed by atoms with Crippen LogP contribution in [0.4, 0.5) is 0 Å². The van der Waals surface area contributed by atoms with Crippen LogP contribution in [0.25, 0.3) is 0 Å². The molecule has 1 aromatic carbocycles. The summed E-state index contributed by atoms with van der Waals surface area (Å²) < 4.78 is 37.9. The summed E-state index contributed by atoms with van der Waals surface area (Å²) in [6, 6.07) is 8.13. The van der Waals surface area contributed by atoms with Crippen LogP contribution in [0.2, 0.25) is 0 Å². The minimum absolute atomic E-state index is 0.185. The Balaban J connectivity index is 2.16. The number of hydrogen-bond acceptors (Lipinski definition) is 4. The molecule has 1 aromatic rings. The number of hydrogen-bond donors (Lipinski definition) is 1. The molecular weight excluding hydrogens is 265 g/mol. The number of sulfonamides is 1. The van der Waals surface area contributed by atoms with Crippen LogP contribution >= 0.6 is 0 Å². The van der Waals surface area contributed by atoms with E-state index in [1.165, 1.54) is 12.1 Å². The van der Waals surface area contributed by atoms with Gasteiger partial charge in [0.25, 0.3) is 0 Å². The molecule has 0 radical (unpaired) electrons. The first kappa shape index (κ1) is 14.5. The summed E-state index contributed by atoms with van der Waals surface area (Å²) in [5.41, 5.74) is -1.15. The summed E-state index contributed by atoms with van der Waals surface area (Å²) in [7, 11) is -4.62. The molecule has 1 aliphatic heterocycles. The monoisotopic (exact) mass is 283 g/mol. The normalized spacial score (nSPS) is 21.6. The summed E-state index contributed by atoms with van der Waals surface area (Å²) in [5, 5.41) is 0.